The smallest absolute Gasteiger partial charge is 0.271 e. The Morgan fingerprint density at radius 1 is 1.00 bits per heavy atom. The van der Waals surface area contributed by atoms with E-state index in [0.29, 0.717) is 29.4 Å². The Morgan fingerprint density at radius 3 is 2.50 bits per heavy atom. The van der Waals surface area contributed by atoms with Gasteiger partial charge in [-0.1, -0.05) is 42.5 Å². The van der Waals surface area contributed by atoms with Gasteiger partial charge >= 0.3 is 0 Å². The highest BCUT2D eigenvalue weighted by atomic mass is 19.1. The van der Waals surface area contributed by atoms with Crippen LogP contribution in [0.1, 0.15) is 43.2 Å². The minimum Gasteiger partial charge on any atom is -0.350 e. The van der Waals surface area contributed by atoms with Crippen molar-refractivity contribution in [3.05, 3.63) is 106 Å². The maximum absolute atomic E-state index is 13.5. The van der Waals surface area contributed by atoms with Gasteiger partial charge in [0.25, 0.3) is 11.8 Å². The molecule has 4 aromatic rings. The lowest BCUT2D eigenvalue weighted by atomic mass is 10.1. The van der Waals surface area contributed by atoms with Gasteiger partial charge in [0.1, 0.15) is 22.9 Å². The number of imidazole rings is 1. The SMILES string of the molecule is Cc1cc(CNC(=O)c2cn3c(C(=O)NCC4Cc5ccccc5C4)cccc3n2)ccc1F. The first-order valence-corrected chi connectivity index (χ1v) is 11.3. The molecule has 0 spiro atoms. The van der Waals surface area contributed by atoms with E-state index in [-0.39, 0.29) is 29.9 Å². The molecule has 0 fully saturated rings. The van der Waals surface area contributed by atoms with Gasteiger partial charge in [0.2, 0.25) is 0 Å². The van der Waals surface area contributed by atoms with Crippen LogP contribution in [0.25, 0.3) is 5.65 Å². The van der Waals surface area contributed by atoms with Crippen molar-refractivity contribution in [1.82, 2.24) is 20.0 Å². The molecule has 0 unspecified atom stereocenters. The van der Waals surface area contributed by atoms with E-state index in [1.807, 2.05) is 12.1 Å². The summed E-state index contributed by atoms with van der Waals surface area (Å²) in [5, 5.41) is 5.85. The topological polar surface area (TPSA) is 75.5 Å². The Labute approximate surface area is 196 Å². The highest BCUT2D eigenvalue weighted by molar-refractivity contribution is 5.95. The highest BCUT2D eigenvalue weighted by Gasteiger charge is 2.22. The number of hydrogen-bond donors (Lipinski definition) is 2. The fourth-order valence-electron chi connectivity index (χ4n) is 4.52. The fourth-order valence-corrected chi connectivity index (χ4v) is 4.52. The van der Waals surface area contributed by atoms with E-state index in [9.17, 15) is 14.0 Å². The van der Waals surface area contributed by atoms with Crippen LogP contribution in [0.2, 0.25) is 0 Å². The molecule has 0 saturated carbocycles. The highest BCUT2D eigenvalue weighted by Crippen LogP contribution is 2.26. The summed E-state index contributed by atoms with van der Waals surface area (Å²) in [6, 6.07) is 18.3. The van der Waals surface area contributed by atoms with Crippen LogP contribution < -0.4 is 10.6 Å². The normalized spacial score (nSPS) is 13.1. The van der Waals surface area contributed by atoms with Gasteiger partial charge in [-0.25, -0.2) is 9.37 Å². The van der Waals surface area contributed by atoms with E-state index in [1.54, 1.807) is 47.9 Å². The zero-order valence-electron chi connectivity index (χ0n) is 18.8. The predicted molar refractivity (Wildman–Crippen MR) is 127 cm³/mol. The first-order valence-electron chi connectivity index (χ1n) is 11.3. The average molecular weight is 457 g/mol. The molecule has 172 valence electrons. The number of carbonyl (C=O) groups excluding carboxylic acids is 2. The number of aromatic nitrogens is 2. The van der Waals surface area contributed by atoms with Crippen LogP contribution >= 0.6 is 0 Å². The van der Waals surface area contributed by atoms with Crippen molar-refractivity contribution in [2.24, 2.45) is 5.92 Å². The van der Waals surface area contributed by atoms with Gasteiger partial charge in [0.05, 0.1) is 0 Å². The van der Waals surface area contributed by atoms with E-state index in [4.69, 9.17) is 0 Å². The second kappa shape index (κ2) is 9.09. The summed E-state index contributed by atoms with van der Waals surface area (Å²) >= 11 is 0. The summed E-state index contributed by atoms with van der Waals surface area (Å²) in [6.07, 6.45) is 3.49. The summed E-state index contributed by atoms with van der Waals surface area (Å²) in [4.78, 5) is 30.0. The summed E-state index contributed by atoms with van der Waals surface area (Å²) in [6.45, 7) is 2.52. The fraction of sp³-hybridized carbons (Fsp3) is 0.222. The molecule has 0 bridgehead atoms. The van der Waals surface area contributed by atoms with Gasteiger partial charge in [-0.3, -0.25) is 14.0 Å². The first-order chi connectivity index (χ1) is 16.5. The Kier molecular flexibility index (Phi) is 5.84. The van der Waals surface area contributed by atoms with Crippen LogP contribution in [0.3, 0.4) is 0 Å². The zero-order chi connectivity index (χ0) is 23.7. The molecule has 0 aliphatic heterocycles. The van der Waals surface area contributed by atoms with Gasteiger partial charge in [-0.05, 0) is 66.1 Å². The monoisotopic (exact) mass is 456 g/mol. The third kappa shape index (κ3) is 4.41. The van der Waals surface area contributed by atoms with Crippen LogP contribution in [0.5, 0.6) is 0 Å². The third-order valence-electron chi connectivity index (χ3n) is 6.32. The second-order valence-corrected chi connectivity index (χ2v) is 8.78. The van der Waals surface area contributed by atoms with E-state index in [0.717, 1.165) is 18.4 Å². The summed E-state index contributed by atoms with van der Waals surface area (Å²) in [5.41, 5.74) is 5.18. The molecular weight excluding hydrogens is 431 g/mol. The molecule has 2 amide bonds. The van der Waals surface area contributed by atoms with Crippen molar-refractivity contribution in [3.8, 4) is 0 Å². The van der Waals surface area contributed by atoms with E-state index >= 15 is 0 Å². The van der Waals surface area contributed by atoms with Crippen molar-refractivity contribution in [2.45, 2.75) is 26.3 Å². The molecule has 5 rings (SSSR count). The molecule has 1 aliphatic carbocycles. The Balaban J connectivity index is 1.25. The summed E-state index contributed by atoms with van der Waals surface area (Å²) < 4.78 is 15.1. The number of halogens is 1. The van der Waals surface area contributed by atoms with Gasteiger partial charge in [-0.15, -0.1) is 0 Å². The molecule has 2 aromatic carbocycles. The molecule has 7 heteroatoms. The molecule has 1 aliphatic rings. The molecule has 2 aromatic heterocycles. The summed E-state index contributed by atoms with van der Waals surface area (Å²) in [5.74, 6) is -0.466. The molecular formula is C27H25FN4O2. The lowest BCUT2D eigenvalue weighted by Gasteiger charge is -2.11. The van der Waals surface area contributed by atoms with Gasteiger partial charge in [0.15, 0.2) is 0 Å². The van der Waals surface area contributed by atoms with Gasteiger partial charge in [0, 0.05) is 19.3 Å². The lowest BCUT2D eigenvalue weighted by molar-refractivity contribution is 0.0933. The van der Waals surface area contributed by atoms with Crippen molar-refractivity contribution in [1.29, 1.82) is 0 Å². The minimum atomic E-state index is -0.360. The standard InChI is InChI=1S/C27H25FN4O2/c1-17-11-18(9-10-22(17)28)14-29-26(33)23-16-32-24(7-4-8-25(32)31-23)27(34)30-15-19-12-20-5-2-3-6-21(20)13-19/h2-11,16,19H,12-15H2,1H3,(H,29,33)(H,30,34). The largest absolute Gasteiger partial charge is 0.350 e. The number of aryl methyl sites for hydroxylation is 1. The van der Waals surface area contributed by atoms with Crippen molar-refractivity contribution < 1.29 is 14.0 Å². The van der Waals surface area contributed by atoms with Crippen molar-refractivity contribution in [3.63, 3.8) is 0 Å². The van der Waals surface area contributed by atoms with Crippen LogP contribution in [-0.4, -0.2) is 27.7 Å². The maximum atomic E-state index is 13.5. The molecule has 2 heterocycles. The number of pyridine rings is 1. The van der Waals surface area contributed by atoms with Gasteiger partial charge < -0.3 is 10.6 Å². The number of rotatable bonds is 6. The molecule has 0 radical (unpaired) electrons. The quantitative estimate of drug-likeness (QED) is 0.463. The number of carbonyl (C=O) groups is 2. The Hall–Kier alpha value is -4.00. The van der Waals surface area contributed by atoms with E-state index in [1.165, 1.54) is 17.2 Å². The molecule has 34 heavy (non-hydrogen) atoms. The number of hydrogen-bond acceptors (Lipinski definition) is 3. The molecule has 0 saturated heterocycles. The van der Waals surface area contributed by atoms with Crippen LogP contribution in [0.15, 0.2) is 66.9 Å². The number of benzene rings is 2. The Bertz CT molecular complexity index is 1370. The lowest BCUT2D eigenvalue weighted by Crippen LogP contribution is -2.30. The molecule has 6 nitrogen and oxygen atoms in total. The summed E-state index contributed by atoms with van der Waals surface area (Å²) in [7, 11) is 0. The van der Waals surface area contributed by atoms with Crippen LogP contribution in [-0.2, 0) is 19.4 Å². The number of amides is 2. The minimum absolute atomic E-state index is 0.201. The first kappa shape index (κ1) is 21.8. The number of fused-ring (bicyclic) bond motifs is 2. The Morgan fingerprint density at radius 2 is 1.76 bits per heavy atom. The van der Waals surface area contributed by atoms with Crippen molar-refractivity contribution in [2.75, 3.05) is 6.54 Å². The average Bonchev–Trinajstić information content (AvgIpc) is 3.47. The number of nitrogens with zero attached hydrogens (tertiary/aromatic N) is 2. The number of nitrogens with one attached hydrogen (secondary N) is 2. The van der Waals surface area contributed by atoms with Crippen molar-refractivity contribution >= 4 is 17.5 Å². The maximum Gasteiger partial charge on any atom is 0.271 e. The third-order valence-corrected chi connectivity index (χ3v) is 6.32. The molecule has 2 N–H and O–H groups in total. The molecule has 0 atom stereocenters. The zero-order valence-corrected chi connectivity index (χ0v) is 18.8. The van der Waals surface area contributed by atoms with Crippen LogP contribution in [0, 0.1) is 18.7 Å². The van der Waals surface area contributed by atoms with Gasteiger partial charge in [-0.2, -0.15) is 0 Å². The van der Waals surface area contributed by atoms with E-state index in [2.05, 4.69) is 27.8 Å². The second-order valence-electron chi connectivity index (χ2n) is 8.78. The van der Waals surface area contributed by atoms with E-state index < -0.39 is 0 Å². The van der Waals surface area contributed by atoms with Crippen LogP contribution in [0.4, 0.5) is 4.39 Å². The predicted octanol–water partition coefficient (Wildman–Crippen LogP) is 3.86.